The van der Waals surface area contributed by atoms with E-state index in [-0.39, 0.29) is 24.4 Å². The normalized spacial score (nSPS) is 61.9. The minimum atomic E-state index is -2.38. The second-order valence-corrected chi connectivity index (χ2v) is 4.38. The largest absolute Gasteiger partial charge is 0.396 e. The monoisotopic (exact) mass is 160 g/mol. The molecule has 0 aromatic carbocycles. The topological polar surface area (TPSA) is 20.2 Å². The summed E-state index contributed by atoms with van der Waals surface area (Å²) in [5, 5.41) is 8.77. The number of fused-ring (bicyclic) bond motifs is 1. The lowest BCUT2D eigenvalue weighted by molar-refractivity contribution is 0.0864. The van der Waals surface area contributed by atoms with Gasteiger partial charge in [-0.2, -0.15) is 0 Å². The Morgan fingerprint density at radius 2 is 2.00 bits per heavy atom. The molecule has 0 aromatic rings. The average molecular weight is 160 g/mol. The number of aliphatic hydroxyl groups is 1. The SMILES string of the molecule is OC[C@H]1C[C@@]12C[C@]21CC1(F)F. The van der Waals surface area contributed by atoms with Crippen molar-refractivity contribution in [2.45, 2.75) is 25.2 Å². The number of aliphatic hydroxyl groups excluding tert-OH is 1. The van der Waals surface area contributed by atoms with Gasteiger partial charge in [-0.15, -0.1) is 0 Å². The van der Waals surface area contributed by atoms with Gasteiger partial charge in [-0.3, -0.25) is 0 Å². The number of hydrogen-bond acceptors (Lipinski definition) is 1. The molecule has 0 aliphatic heterocycles. The third kappa shape index (κ3) is 0.443. The molecule has 3 aliphatic carbocycles. The summed E-state index contributed by atoms with van der Waals surface area (Å²) < 4.78 is 25.5. The van der Waals surface area contributed by atoms with E-state index in [1.165, 1.54) is 0 Å². The smallest absolute Gasteiger partial charge is 0.255 e. The molecular weight excluding hydrogens is 150 g/mol. The fourth-order valence-corrected chi connectivity index (χ4v) is 2.98. The molecule has 0 aromatic heterocycles. The fourth-order valence-electron chi connectivity index (χ4n) is 2.98. The van der Waals surface area contributed by atoms with Gasteiger partial charge in [-0.25, -0.2) is 8.78 Å². The van der Waals surface area contributed by atoms with Crippen LogP contribution < -0.4 is 0 Å². The van der Waals surface area contributed by atoms with Gasteiger partial charge in [0.1, 0.15) is 0 Å². The zero-order valence-corrected chi connectivity index (χ0v) is 6.11. The highest BCUT2D eigenvalue weighted by atomic mass is 19.3. The maximum Gasteiger partial charge on any atom is 0.255 e. The van der Waals surface area contributed by atoms with Gasteiger partial charge in [0.2, 0.25) is 0 Å². The van der Waals surface area contributed by atoms with Crippen molar-refractivity contribution in [3.63, 3.8) is 0 Å². The van der Waals surface area contributed by atoms with Crippen LogP contribution in [0.15, 0.2) is 0 Å². The maximum atomic E-state index is 12.7. The van der Waals surface area contributed by atoms with Crippen molar-refractivity contribution in [2.24, 2.45) is 16.7 Å². The summed E-state index contributed by atoms with van der Waals surface area (Å²) in [6.45, 7) is 0.109. The van der Waals surface area contributed by atoms with E-state index in [0.717, 1.165) is 6.42 Å². The van der Waals surface area contributed by atoms with Gasteiger partial charge >= 0.3 is 0 Å². The molecule has 0 amide bonds. The summed E-state index contributed by atoms with van der Waals surface area (Å²) in [4.78, 5) is 0. The average Bonchev–Trinajstić information content (AvgIpc) is 2.77. The first-order valence-corrected chi connectivity index (χ1v) is 4.07. The minimum absolute atomic E-state index is 0.0920. The Bertz CT molecular complexity index is 240. The van der Waals surface area contributed by atoms with Gasteiger partial charge in [0.15, 0.2) is 0 Å². The molecule has 1 N–H and O–H groups in total. The van der Waals surface area contributed by atoms with Crippen molar-refractivity contribution < 1.29 is 13.9 Å². The molecule has 0 radical (unpaired) electrons. The van der Waals surface area contributed by atoms with Crippen molar-refractivity contribution in [3.8, 4) is 0 Å². The van der Waals surface area contributed by atoms with Crippen LogP contribution in [0, 0.1) is 16.7 Å². The van der Waals surface area contributed by atoms with Crippen LogP contribution in [0.5, 0.6) is 0 Å². The lowest BCUT2D eigenvalue weighted by atomic mass is 10.2. The van der Waals surface area contributed by atoms with Crippen molar-refractivity contribution >= 4 is 0 Å². The molecule has 0 unspecified atom stereocenters. The molecule has 3 rings (SSSR count). The van der Waals surface area contributed by atoms with E-state index in [9.17, 15) is 8.78 Å². The molecule has 3 heteroatoms. The highest BCUT2D eigenvalue weighted by Gasteiger charge is 2.96. The summed E-state index contributed by atoms with van der Waals surface area (Å²) in [5.41, 5.74) is -0.710. The molecule has 0 heterocycles. The summed E-state index contributed by atoms with van der Waals surface area (Å²) in [7, 11) is 0. The molecule has 1 nitrogen and oxygen atoms in total. The standard InChI is InChI=1S/C8H10F2O/c9-8(10)4-7(8)3-6(7)1-5(6)2-11/h5,11H,1-4H2/t5-,6-,7+/m1/s1. The highest BCUT2D eigenvalue weighted by molar-refractivity contribution is 5.39. The summed E-state index contributed by atoms with van der Waals surface area (Å²) in [6, 6.07) is 0. The third-order valence-electron chi connectivity index (χ3n) is 4.00. The number of rotatable bonds is 1. The van der Waals surface area contributed by atoms with E-state index in [1.54, 1.807) is 0 Å². The molecule has 3 atom stereocenters. The molecule has 11 heavy (non-hydrogen) atoms. The molecule has 2 spiro atoms. The van der Waals surface area contributed by atoms with E-state index in [0.29, 0.717) is 6.42 Å². The van der Waals surface area contributed by atoms with E-state index in [4.69, 9.17) is 5.11 Å². The van der Waals surface area contributed by atoms with E-state index in [2.05, 4.69) is 0 Å². The summed E-state index contributed by atoms with van der Waals surface area (Å²) in [6.07, 6.45) is 1.62. The molecule has 62 valence electrons. The highest BCUT2D eigenvalue weighted by Crippen LogP contribution is 2.95. The van der Waals surface area contributed by atoms with Gasteiger partial charge in [0.25, 0.3) is 5.92 Å². The first-order valence-electron chi connectivity index (χ1n) is 4.07. The lowest BCUT2D eigenvalue weighted by Gasteiger charge is -1.92. The van der Waals surface area contributed by atoms with E-state index in [1.807, 2.05) is 0 Å². The Morgan fingerprint density at radius 1 is 1.36 bits per heavy atom. The first kappa shape index (κ1) is 6.35. The molecule has 3 saturated carbocycles. The molecule has 0 bridgehead atoms. The van der Waals surface area contributed by atoms with Crippen LogP contribution >= 0.6 is 0 Å². The maximum absolute atomic E-state index is 12.7. The molecule has 3 aliphatic rings. The van der Waals surface area contributed by atoms with E-state index >= 15 is 0 Å². The number of hydrogen-bond donors (Lipinski definition) is 1. The van der Waals surface area contributed by atoms with Gasteiger partial charge in [-0.1, -0.05) is 0 Å². The minimum Gasteiger partial charge on any atom is -0.396 e. The first-order chi connectivity index (χ1) is 5.08. The van der Waals surface area contributed by atoms with Crippen LogP contribution in [0.25, 0.3) is 0 Å². The van der Waals surface area contributed by atoms with Crippen LogP contribution in [-0.4, -0.2) is 17.6 Å². The zero-order valence-electron chi connectivity index (χ0n) is 6.11. The second-order valence-electron chi connectivity index (χ2n) is 4.38. The Morgan fingerprint density at radius 3 is 2.27 bits per heavy atom. The van der Waals surface area contributed by atoms with Gasteiger partial charge in [0.05, 0.1) is 0 Å². The van der Waals surface area contributed by atoms with E-state index < -0.39 is 11.3 Å². The van der Waals surface area contributed by atoms with Crippen LogP contribution in [0.2, 0.25) is 0 Å². The lowest BCUT2D eigenvalue weighted by Crippen LogP contribution is -1.98. The second kappa shape index (κ2) is 1.24. The fraction of sp³-hybridized carbons (Fsp3) is 1.00. The number of halogens is 2. The Kier molecular flexibility index (Phi) is 0.716. The van der Waals surface area contributed by atoms with Crippen LogP contribution in [0.4, 0.5) is 8.78 Å². The summed E-state index contributed by atoms with van der Waals surface area (Å²) >= 11 is 0. The molecular formula is C8H10F2O. The van der Waals surface area contributed by atoms with Crippen LogP contribution in [0.1, 0.15) is 19.3 Å². The van der Waals surface area contributed by atoms with Crippen LogP contribution in [-0.2, 0) is 0 Å². The predicted molar refractivity (Wildman–Crippen MR) is 34.2 cm³/mol. The van der Waals surface area contributed by atoms with Crippen molar-refractivity contribution in [1.29, 1.82) is 0 Å². The van der Waals surface area contributed by atoms with Gasteiger partial charge < -0.3 is 5.11 Å². The third-order valence-corrected chi connectivity index (χ3v) is 4.00. The van der Waals surface area contributed by atoms with Crippen molar-refractivity contribution in [3.05, 3.63) is 0 Å². The quantitative estimate of drug-likeness (QED) is 0.615. The van der Waals surface area contributed by atoms with Gasteiger partial charge in [-0.05, 0) is 24.2 Å². The zero-order chi connectivity index (χ0) is 7.91. The predicted octanol–water partition coefficient (Wildman–Crippen LogP) is 1.41. The van der Waals surface area contributed by atoms with Crippen molar-refractivity contribution in [1.82, 2.24) is 0 Å². The molecule has 3 fully saturated rings. The van der Waals surface area contributed by atoms with Crippen LogP contribution in [0.3, 0.4) is 0 Å². The van der Waals surface area contributed by atoms with Gasteiger partial charge in [0, 0.05) is 18.4 Å². The Balaban J connectivity index is 1.82. The molecule has 0 saturated heterocycles. The summed E-state index contributed by atoms with van der Waals surface area (Å²) in [5.74, 6) is -2.17. The Labute approximate surface area is 63.4 Å². The number of alkyl halides is 2. The Hall–Kier alpha value is -0.180. The van der Waals surface area contributed by atoms with Crippen molar-refractivity contribution in [2.75, 3.05) is 6.61 Å².